The normalized spacial score (nSPS) is 17.6. The maximum Gasteiger partial charge on any atom is 0.319 e. The predicted molar refractivity (Wildman–Crippen MR) is 69.0 cm³/mol. The van der Waals surface area contributed by atoms with Gasteiger partial charge in [-0.3, -0.25) is 0 Å². The summed E-state index contributed by atoms with van der Waals surface area (Å²) in [5.74, 6) is 0. The van der Waals surface area contributed by atoms with Gasteiger partial charge < -0.3 is 16.4 Å². The van der Waals surface area contributed by atoms with E-state index in [-0.39, 0.29) is 12.1 Å². The Labute approximate surface area is 102 Å². The van der Waals surface area contributed by atoms with E-state index in [9.17, 15) is 4.79 Å². The molecule has 1 aliphatic rings. The summed E-state index contributed by atoms with van der Waals surface area (Å²) in [6.07, 6.45) is 2.84. The van der Waals surface area contributed by atoms with Crippen LogP contribution in [0.2, 0.25) is 0 Å². The van der Waals surface area contributed by atoms with Crippen LogP contribution in [0.1, 0.15) is 36.9 Å². The number of rotatable bonds is 3. The molecule has 4 nitrogen and oxygen atoms in total. The SMILES string of the molecule is CCCNC(=O)Nc1cccc2c1CCC2N. The van der Waals surface area contributed by atoms with Crippen molar-refractivity contribution >= 4 is 11.7 Å². The lowest BCUT2D eigenvalue weighted by molar-refractivity contribution is 0.252. The smallest absolute Gasteiger partial charge is 0.319 e. The van der Waals surface area contributed by atoms with E-state index < -0.39 is 0 Å². The van der Waals surface area contributed by atoms with Gasteiger partial charge in [0.2, 0.25) is 0 Å². The van der Waals surface area contributed by atoms with Gasteiger partial charge in [0.1, 0.15) is 0 Å². The molecule has 0 bridgehead atoms. The van der Waals surface area contributed by atoms with Crippen LogP contribution >= 0.6 is 0 Å². The van der Waals surface area contributed by atoms with E-state index in [0.717, 1.165) is 24.9 Å². The van der Waals surface area contributed by atoms with E-state index in [1.165, 1.54) is 11.1 Å². The molecule has 0 aliphatic heterocycles. The minimum Gasteiger partial charge on any atom is -0.338 e. The van der Waals surface area contributed by atoms with Gasteiger partial charge >= 0.3 is 6.03 Å². The molecule has 17 heavy (non-hydrogen) atoms. The van der Waals surface area contributed by atoms with E-state index >= 15 is 0 Å². The number of benzene rings is 1. The maximum atomic E-state index is 11.6. The molecular formula is C13H19N3O. The Morgan fingerprint density at radius 1 is 1.53 bits per heavy atom. The molecule has 0 spiro atoms. The highest BCUT2D eigenvalue weighted by molar-refractivity contribution is 5.90. The first-order valence-corrected chi connectivity index (χ1v) is 6.14. The number of nitrogens with one attached hydrogen (secondary N) is 2. The van der Waals surface area contributed by atoms with Crippen LogP contribution in [-0.2, 0) is 6.42 Å². The van der Waals surface area contributed by atoms with Crippen LogP contribution in [0.3, 0.4) is 0 Å². The number of hydrogen-bond acceptors (Lipinski definition) is 2. The third kappa shape index (κ3) is 2.58. The van der Waals surface area contributed by atoms with E-state index in [0.29, 0.717) is 6.54 Å². The monoisotopic (exact) mass is 233 g/mol. The number of hydrogen-bond donors (Lipinski definition) is 3. The van der Waals surface area contributed by atoms with Gasteiger partial charge in [-0.15, -0.1) is 0 Å². The molecule has 4 N–H and O–H groups in total. The lowest BCUT2D eigenvalue weighted by Gasteiger charge is -2.11. The minimum absolute atomic E-state index is 0.116. The van der Waals surface area contributed by atoms with Crippen molar-refractivity contribution in [3.63, 3.8) is 0 Å². The molecule has 2 rings (SSSR count). The van der Waals surface area contributed by atoms with E-state index in [2.05, 4.69) is 10.6 Å². The summed E-state index contributed by atoms with van der Waals surface area (Å²) in [5, 5.41) is 5.69. The van der Waals surface area contributed by atoms with Crippen molar-refractivity contribution in [3.05, 3.63) is 29.3 Å². The topological polar surface area (TPSA) is 67.2 Å². The number of amides is 2. The number of fused-ring (bicyclic) bond motifs is 1. The van der Waals surface area contributed by atoms with Crippen molar-refractivity contribution in [1.82, 2.24) is 5.32 Å². The van der Waals surface area contributed by atoms with Gasteiger partial charge in [-0.2, -0.15) is 0 Å². The third-order valence-corrected chi connectivity index (χ3v) is 3.10. The summed E-state index contributed by atoms with van der Waals surface area (Å²) in [6, 6.07) is 5.90. The number of urea groups is 1. The molecular weight excluding hydrogens is 214 g/mol. The number of anilines is 1. The summed E-state index contributed by atoms with van der Waals surface area (Å²) < 4.78 is 0. The zero-order valence-corrected chi connectivity index (χ0v) is 10.1. The Balaban J connectivity index is 2.10. The van der Waals surface area contributed by atoms with E-state index in [4.69, 9.17) is 5.73 Å². The molecule has 0 heterocycles. The van der Waals surface area contributed by atoms with Crippen molar-refractivity contribution in [3.8, 4) is 0 Å². The summed E-state index contributed by atoms with van der Waals surface area (Å²) in [4.78, 5) is 11.6. The largest absolute Gasteiger partial charge is 0.338 e. The van der Waals surface area contributed by atoms with Crippen LogP contribution < -0.4 is 16.4 Å². The molecule has 1 atom stereocenters. The van der Waals surface area contributed by atoms with Gasteiger partial charge in [-0.1, -0.05) is 19.1 Å². The molecule has 92 valence electrons. The summed E-state index contributed by atoms with van der Waals surface area (Å²) in [6.45, 7) is 2.72. The summed E-state index contributed by atoms with van der Waals surface area (Å²) >= 11 is 0. The zero-order chi connectivity index (χ0) is 12.3. The van der Waals surface area contributed by atoms with Gasteiger partial charge in [0.05, 0.1) is 0 Å². The average molecular weight is 233 g/mol. The molecule has 4 heteroatoms. The fraction of sp³-hybridized carbons (Fsp3) is 0.462. The van der Waals surface area contributed by atoms with Crippen molar-refractivity contribution in [2.24, 2.45) is 5.73 Å². The van der Waals surface area contributed by atoms with Crippen molar-refractivity contribution < 1.29 is 4.79 Å². The Bertz CT molecular complexity index is 417. The Kier molecular flexibility index (Phi) is 3.64. The van der Waals surface area contributed by atoms with Crippen LogP contribution in [0.15, 0.2) is 18.2 Å². The van der Waals surface area contributed by atoms with E-state index in [1.807, 2.05) is 25.1 Å². The predicted octanol–water partition coefficient (Wildman–Crippen LogP) is 2.16. The molecule has 2 amide bonds. The molecule has 1 aromatic rings. The Morgan fingerprint density at radius 2 is 2.35 bits per heavy atom. The molecule has 1 aliphatic carbocycles. The molecule has 1 aromatic carbocycles. The fourth-order valence-corrected chi connectivity index (χ4v) is 2.21. The minimum atomic E-state index is -0.138. The van der Waals surface area contributed by atoms with Gasteiger partial charge in [0.15, 0.2) is 0 Å². The second kappa shape index (κ2) is 5.19. The molecule has 0 aromatic heterocycles. The maximum absolute atomic E-state index is 11.6. The number of carbonyl (C=O) groups excluding carboxylic acids is 1. The Hall–Kier alpha value is -1.55. The van der Waals surface area contributed by atoms with Crippen molar-refractivity contribution in [1.29, 1.82) is 0 Å². The van der Waals surface area contributed by atoms with Crippen LogP contribution in [-0.4, -0.2) is 12.6 Å². The van der Waals surface area contributed by atoms with Crippen molar-refractivity contribution in [2.75, 3.05) is 11.9 Å². The Morgan fingerprint density at radius 3 is 3.12 bits per heavy atom. The number of nitrogens with two attached hydrogens (primary N) is 1. The first-order valence-electron chi connectivity index (χ1n) is 6.14. The molecule has 0 radical (unpaired) electrons. The molecule has 0 saturated carbocycles. The van der Waals surface area contributed by atoms with Crippen molar-refractivity contribution in [2.45, 2.75) is 32.2 Å². The zero-order valence-electron chi connectivity index (χ0n) is 10.1. The summed E-state index contributed by atoms with van der Waals surface area (Å²) in [5.41, 5.74) is 9.24. The molecule has 0 fully saturated rings. The van der Waals surface area contributed by atoms with Crippen LogP contribution in [0.4, 0.5) is 10.5 Å². The highest BCUT2D eigenvalue weighted by atomic mass is 16.2. The van der Waals surface area contributed by atoms with Crippen LogP contribution in [0.25, 0.3) is 0 Å². The van der Waals surface area contributed by atoms with Crippen LogP contribution in [0, 0.1) is 0 Å². The quantitative estimate of drug-likeness (QED) is 0.749. The lowest BCUT2D eigenvalue weighted by Crippen LogP contribution is -2.29. The van der Waals surface area contributed by atoms with Gasteiger partial charge in [0, 0.05) is 18.3 Å². The lowest BCUT2D eigenvalue weighted by atomic mass is 10.1. The highest BCUT2D eigenvalue weighted by Gasteiger charge is 2.21. The fourth-order valence-electron chi connectivity index (χ4n) is 2.21. The van der Waals surface area contributed by atoms with E-state index in [1.54, 1.807) is 0 Å². The number of carbonyl (C=O) groups is 1. The van der Waals surface area contributed by atoms with Gasteiger partial charge in [-0.05, 0) is 36.5 Å². The second-order valence-corrected chi connectivity index (χ2v) is 4.40. The third-order valence-electron chi connectivity index (χ3n) is 3.10. The van der Waals surface area contributed by atoms with Crippen LogP contribution in [0.5, 0.6) is 0 Å². The highest BCUT2D eigenvalue weighted by Crippen LogP contribution is 2.34. The standard InChI is InChI=1S/C13H19N3O/c1-2-8-15-13(17)16-12-5-3-4-9-10(12)6-7-11(9)14/h3-5,11H,2,6-8,14H2,1H3,(H2,15,16,17). The first kappa shape index (κ1) is 11.9. The van der Waals surface area contributed by atoms with Gasteiger partial charge in [-0.25, -0.2) is 4.79 Å². The summed E-state index contributed by atoms with van der Waals surface area (Å²) in [7, 11) is 0. The molecule has 1 unspecified atom stereocenters. The molecule has 0 saturated heterocycles. The van der Waals surface area contributed by atoms with Gasteiger partial charge in [0.25, 0.3) is 0 Å². The average Bonchev–Trinajstić information content (AvgIpc) is 2.70. The first-order chi connectivity index (χ1) is 8.22. The second-order valence-electron chi connectivity index (χ2n) is 4.40.